The average Bonchev–Trinajstić information content (AvgIpc) is 3.07. The molecule has 146 valence electrons. The number of benzene rings is 2. The lowest BCUT2D eigenvalue weighted by Gasteiger charge is -2.14. The standard InChI is InChI=1S/C19H19N3O5S/c1-10(23)20-19-22-13-6-5-12(9-16(13)28-19)21-18(24)11-7-14(25-2)17(27-4)15(8-11)26-3/h5-9H,1-4H3,(H,21,24)(H,20,22,23). The fraction of sp³-hybridized carbons (Fsp3) is 0.211. The monoisotopic (exact) mass is 401 g/mol. The molecule has 0 aliphatic carbocycles. The molecule has 3 rings (SSSR count). The van der Waals surface area contributed by atoms with E-state index in [4.69, 9.17) is 14.2 Å². The number of fused-ring (bicyclic) bond motifs is 1. The van der Waals surface area contributed by atoms with Crippen LogP contribution in [0.25, 0.3) is 10.2 Å². The molecule has 0 saturated heterocycles. The molecule has 2 aromatic carbocycles. The van der Waals surface area contributed by atoms with Crippen LogP contribution < -0.4 is 24.8 Å². The van der Waals surface area contributed by atoms with Gasteiger partial charge in [0, 0.05) is 18.2 Å². The summed E-state index contributed by atoms with van der Waals surface area (Å²) in [5.74, 6) is 0.688. The molecular weight excluding hydrogens is 382 g/mol. The largest absolute Gasteiger partial charge is 0.493 e. The summed E-state index contributed by atoms with van der Waals surface area (Å²) < 4.78 is 16.7. The van der Waals surface area contributed by atoms with E-state index in [-0.39, 0.29) is 11.8 Å². The van der Waals surface area contributed by atoms with Crippen molar-refractivity contribution >= 4 is 44.2 Å². The van der Waals surface area contributed by atoms with Gasteiger partial charge >= 0.3 is 0 Å². The third-order valence-corrected chi connectivity index (χ3v) is 4.79. The number of anilines is 2. The second kappa shape index (κ2) is 8.13. The lowest BCUT2D eigenvalue weighted by atomic mass is 10.1. The van der Waals surface area contributed by atoms with E-state index in [0.717, 1.165) is 10.2 Å². The van der Waals surface area contributed by atoms with Gasteiger partial charge in [-0.2, -0.15) is 0 Å². The Morgan fingerprint density at radius 2 is 1.64 bits per heavy atom. The Balaban J connectivity index is 1.87. The average molecular weight is 401 g/mol. The molecule has 0 bridgehead atoms. The molecule has 28 heavy (non-hydrogen) atoms. The second-order valence-electron chi connectivity index (χ2n) is 5.75. The summed E-state index contributed by atoms with van der Waals surface area (Å²) in [7, 11) is 4.48. The van der Waals surface area contributed by atoms with E-state index in [1.807, 2.05) is 0 Å². The minimum atomic E-state index is -0.329. The zero-order chi connectivity index (χ0) is 20.3. The van der Waals surface area contributed by atoms with E-state index in [1.165, 1.54) is 39.6 Å². The van der Waals surface area contributed by atoms with Crippen LogP contribution in [0.1, 0.15) is 17.3 Å². The Hall–Kier alpha value is -3.33. The number of nitrogens with zero attached hydrogens (tertiary/aromatic N) is 1. The summed E-state index contributed by atoms with van der Waals surface area (Å²) in [6, 6.07) is 8.49. The molecule has 8 nitrogen and oxygen atoms in total. The number of aromatic nitrogens is 1. The number of carbonyl (C=O) groups is 2. The van der Waals surface area contributed by atoms with Gasteiger partial charge < -0.3 is 24.8 Å². The third kappa shape index (κ3) is 3.99. The van der Waals surface area contributed by atoms with Crippen molar-refractivity contribution in [1.82, 2.24) is 4.98 Å². The highest BCUT2D eigenvalue weighted by Gasteiger charge is 2.17. The Morgan fingerprint density at radius 3 is 2.21 bits per heavy atom. The van der Waals surface area contributed by atoms with Gasteiger partial charge in [-0.05, 0) is 30.3 Å². The Kier molecular flexibility index (Phi) is 5.65. The number of amides is 2. The molecule has 1 aromatic heterocycles. The zero-order valence-electron chi connectivity index (χ0n) is 15.8. The highest BCUT2D eigenvalue weighted by atomic mass is 32.1. The summed E-state index contributed by atoms with van der Waals surface area (Å²) >= 11 is 1.33. The summed E-state index contributed by atoms with van der Waals surface area (Å²) in [5, 5.41) is 6.01. The van der Waals surface area contributed by atoms with Gasteiger partial charge in [0.2, 0.25) is 11.7 Å². The Bertz CT molecular complexity index is 1020. The molecule has 2 N–H and O–H groups in total. The first-order valence-corrected chi connectivity index (χ1v) is 9.06. The van der Waals surface area contributed by atoms with Crippen molar-refractivity contribution in [1.29, 1.82) is 0 Å². The predicted octanol–water partition coefficient (Wildman–Crippen LogP) is 3.53. The van der Waals surface area contributed by atoms with Gasteiger partial charge in [-0.1, -0.05) is 11.3 Å². The molecule has 0 atom stereocenters. The van der Waals surface area contributed by atoms with E-state index in [0.29, 0.717) is 33.6 Å². The van der Waals surface area contributed by atoms with Gasteiger partial charge in [-0.3, -0.25) is 9.59 Å². The molecule has 0 aliphatic heterocycles. The highest BCUT2D eigenvalue weighted by Crippen LogP contribution is 2.38. The van der Waals surface area contributed by atoms with E-state index in [1.54, 1.807) is 30.3 Å². The molecule has 0 unspecified atom stereocenters. The Labute approximate surface area is 165 Å². The van der Waals surface area contributed by atoms with Gasteiger partial charge in [-0.25, -0.2) is 4.98 Å². The molecule has 0 aliphatic rings. The first-order valence-electron chi connectivity index (χ1n) is 8.24. The summed E-state index contributed by atoms with van der Waals surface area (Å²) in [5.41, 5.74) is 1.70. The minimum Gasteiger partial charge on any atom is -0.493 e. The van der Waals surface area contributed by atoms with Crippen molar-refractivity contribution in [3.8, 4) is 17.2 Å². The van der Waals surface area contributed by atoms with Crippen LogP contribution in [0.3, 0.4) is 0 Å². The number of rotatable bonds is 6. The van der Waals surface area contributed by atoms with Crippen molar-refractivity contribution in [2.24, 2.45) is 0 Å². The Morgan fingerprint density at radius 1 is 0.964 bits per heavy atom. The van der Waals surface area contributed by atoms with Crippen LogP contribution >= 0.6 is 11.3 Å². The second-order valence-corrected chi connectivity index (χ2v) is 6.78. The zero-order valence-corrected chi connectivity index (χ0v) is 16.6. The van der Waals surface area contributed by atoms with Crippen molar-refractivity contribution in [3.63, 3.8) is 0 Å². The maximum Gasteiger partial charge on any atom is 0.255 e. The van der Waals surface area contributed by atoms with Gasteiger partial charge in [0.15, 0.2) is 16.6 Å². The number of thiazole rings is 1. The lowest BCUT2D eigenvalue weighted by molar-refractivity contribution is -0.114. The van der Waals surface area contributed by atoms with Crippen LogP contribution in [0, 0.1) is 0 Å². The third-order valence-electron chi connectivity index (χ3n) is 3.86. The molecule has 0 radical (unpaired) electrons. The first kappa shape index (κ1) is 19.4. The molecule has 2 amide bonds. The van der Waals surface area contributed by atoms with Crippen molar-refractivity contribution in [2.45, 2.75) is 6.92 Å². The van der Waals surface area contributed by atoms with Crippen molar-refractivity contribution in [3.05, 3.63) is 35.9 Å². The van der Waals surface area contributed by atoms with E-state index < -0.39 is 0 Å². The van der Waals surface area contributed by atoms with Crippen LogP contribution in [-0.2, 0) is 4.79 Å². The van der Waals surface area contributed by atoms with Gasteiger partial charge in [0.05, 0.1) is 31.5 Å². The fourth-order valence-electron chi connectivity index (χ4n) is 2.62. The number of hydrogen-bond donors (Lipinski definition) is 2. The van der Waals surface area contributed by atoms with Crippen molar-refractivity contribution < 1.29 is 23.8 Å². The lowest BCUT2D eigenvalue weighted by Crippen LogP contribution is -2.12. The van der Waals surface area contributed by atoms with Gasteiger partial charge in [0.1, 0.15) is 0 Å². The SMILES string of the molecule is COc1cc(C(=O)Nc2ccc3nc(NC(C)=O)sc3c2)cc(OC)c1OC. The number of ether oxygens (including phenoxy) is 3. The smallest absolute Gasteiger partial charge is 0.255 e. The number of methoxy groups -OCH3 is 3. The molecule has 9 heteroatoms. The molecule has 0 spiro atoms. The first-order chi connectivity index (χ1) is 13.4. The van der Waals surface area contributed by atoms with E-state index in [9.17, 15) is 9.59 Å². The maximum absolute atomic E-state index is 12.7. The highest BCUT2D eigenvalue weighted by molar-refractivity contribution is 7.22. The van der Waals surface area contributed by atoms with Crippen LogP contribution in [0.5, 0.6) is 17.2 Å². The molecule has 1 heterocycles. The van der Waals surface area contributed by atoms with Crippen LogP contribution in [-0.4, -0.2) is 38.1 Å². The minimum absolute atomic E-state index is 0.185. The summed E-state index contributed by atoms with van der Waals surface area (Å²) in [6.07, 6.45) is 0. The number of hydrogen-bond acceptors (Lipinski definition) is 7. The quantitative estimate of drug-likeness (QED) is 0.656. The fourth-order valence-corrected chi connectivity index (χ4v) is 3.57. The molecule has 3 aromatic rings. The van der Waals surface area contributed by atoms with E-state index >= 15 is 0 Å². The van der Waals surface area contributed by atoms with Gasteiger partial charge in [-0.15, -0.1) is 0 Å². The van der Waals surface area contributed by atoms with Crippen LogP contribution in [0.2, 0.25) is 0 Å². The normalized spacial score (nSPS) is 10.4. The summed E-state index contributed by atoms with van der Waals surface area (Å²) in [4.78, 5) is 28.2. The molecule has 0 fully saturated rings. The predicted molar refractivity (Wildman–Crippen MR) is 108 cm³/mol. The number of carbonyl (C=O) groups excluding carboxylic acids is 2. The van der Waals surface area contributed by atoms with Gasteiger partial charge in [0.25, 0.3) is 5.91 Å². The van der Waals surface area contributed by atoms with Crippen LogP contribution in [0.4, 0.5) is 10.8 Å². The summed E-state index contributed by atoms with van der Waals surface area (Å²) in [6.45, 7) is 1.43. The van der Waals surface area contributed by atoms with Crippen LogP contribution in [0.15, 0.2) is 30.3 Å². The van der Waals surface area contributed by atoms with Crippen molar-refractivity contribution in [2.75, 3.05) is 32.0 Å². The molecule has 0 saturated carbocycles. The topological polar surface area (TPSA) is 98.8 Å². The number of nitrogens with one attached hydrogen (secondary N) is 2. The van der Waals surface area contributed by atoms with E-state index in [2.05, 4.69) is 15.6 Å². The molecular formula is C19H19N3O5S. The maximum atomic E-state index is 12.7.